The predicted octanol–water partition coefficient (Wildman–Crippen LogP) is 24.6. The molecule has 0 radical (unpaired) electrons. The highest BCUT2D eigenvalue weighted by Crippen LogP contribution is 2.55. The molecule has 3 aliphatic rings. The Kier molecular flexibility index (Phi) is 32.7. The zero-order valence-electron chi connectivity index (χ0n) is 78.4. The lowest BCUT2D eigenvalue weighted by Crippen LogP contribution is -2.58. The van der Waals surface area contributed by atoms with Crippen molar-refractivity contribution in [1.29, 1.82) is 15.8 Å². The van der Waals surface area contributed by atoms with E-state index in [2.05, 4.69) is 52.9 Å². The molecule has 3 saturated heterocycles. The third-order valence-corrected chi connectivity index (χ3v) is 31.0. The van der Waals surface area contributed by atoms with Crippen molar-refractivity contribution in [2.75, 3.05) is 71.2 Å². The maximum Gasteiger partial charge on any atom is 0.276 e. The van der Waals surface area contributed by atoms with Crippen molar-refractivity contribution in [1.82, 2.24) is 58.3 Å². The van der Waals surface area contributed by atoms with E-state index in [0.717, 1.165) is 16.7 Å². The molecule has 3 fully saturated rings. The number of aryl methyl sites for hydroxylation is 3. The number of hydrogen-bond acceptors (Lipinski definition) is 21. The summed E-state index contributed by atoms with van der Waals surface area (Å²) in [5.74, 6) is -0.910. The number of halogens is 15. The minimum Gasteiger partial charge on any atom is -0.396 e. The Morgan fingerprint density at radius 1 is 0.362 bits per heavy atom. The maximum atomic E-state index is 14.6. The molecule has 6 atom stereocenters. The summed E-state index contributed by atoms with van der Waals surface area (Å²) in [6.07, 6.45) is 8.84. The molecule has 12 heterocycles. The van der Waals surface area contributed by atoms with Gasteiger partial charge in [0.25, 0.3) is 16.7 Å². The molecule has 0 unspecified atom stereocenters. The summed E-state index contributed by atoms with van der Waals surface area (Å²) >= 11 is 99.1. The number of nitrogens with two attached hydrogens (primary N) is 3. The van der Waals surface area contributed by atoms with Gasteiger partial charge in [0.15, 0.2) is 0 Å². The summed E-state index contributed by atoms with van der Waals surface area (Å²) in [5.41, 5.74) is 24.0. The number of nitriles is 3. The van der Waals surface area contributed by atoms with E-state index in [1.54, 1.807) is 69.7 Å². The smallest absolute Gasteiger partial charge is 0.276 e. The van der Waals surface area contributed by atoms with Gasteiger partial charge in [0.1, 0.15) is 51.8 Å². The summed E-state index contributed by atoms with van der Waals surface area (Å²) in [6.45, 7) is 41.5. The number of pyridine rings is 9. The first-order valence-corrected chi connectivity index (χ1v) is 49.5. The first kappa shape index (κ1) is 108. The molecule has 15 rings (SSSR count). The van der Waals surface area contributed by atoms with Gasteiger partial charge < -0.3 is 46.6 Å². The second-order valence-corrected chi connectivity index (χ2v) is 41.1. The van der Waals surface area contributed by atoms with Gasteiger partial charge in [-0.1, -0.05) is 235 Å². The number of fused-ring (bicyclic) bond motifs is 3. The third kappa shape index (κ3) is 19.1. The molecule has 6 N–H and O–H groups in total. The topological polar surface area (TPSA) is 363 Å². The highest BCUT2D eigenvalue weighted by atomic mass is 35.5. The molecule has 12 aromatic rings. The van der Waals surface area contributed by atoms with Crippen LogP contribution in [0.3, 0.4) is 0 Å². The van der Waals surface area contributed by atoms with Gasteiger partial charge in [0, 0.05) is 127 Å². The van der Waals surface area contributed by atoms with Crippen LogP contribution in [0.25, 0.3) is 83.9 Å². The van der Waals surface area contributed by atoms with Gasteiger partial charge in [-0.3, -0.25) is 57.4 Å². The zero-order chi connectivity index (χ0) is 104. The number of hydrogen-bond donors (Lipinski definition) is 3. The van der Waals surface area contributed by atoms with E-state index in [9.17, 15) is 44.6 Å². The van der Waals surface area contributed by atoms with Crippen molar-refractivity contribution in [3.05, 3.63) is 250 Å². The first-order chi connectivity index (χ1) is 66.5. The van der Waals surface area contributed by atoms with Crippen LogP contribution in [0.15, 0.2) is 107 Å². The van der Waals surface area contributed by atoms with Crippen molar-refractivity contribution < 1.29 is 14.4 Å². The lowest BCUT2D eigenvalue weighted by Gasteiger charge is -2.45. The Hall–Kier alpha value is -10.6. The van der Waals surface area contributed by atoms with Gasteiger partial charge >= 0.3 is 0 Å². The second kappa shape index (κ2) is 42.8. The normalized spacial score (nSPS) is 16.6. The molecule has 3 aromatic carbocycles. The lowest BCUT2D eigenvalue weighted by atomic mass is 10.0. The van der Waals surface area contributed by atoms with Gasteiger partial charge in [-0.25, -0.2) is 15.0 Å². The molecule has 27 nitrogen and oxygen atoms in total. The van der Waals surface area contributed by atoms with Crippen LogP contribution in [0.4, 0.5) is 34.1 Å². The fourth-order valence-corrected chi connectivity index (χ4v) is 22.8. The van der Waals surface area contributed by atoms with Crippen LogP contribution in [-0.2, 0) is 14.4 Å². The van der Waals surface area contributed by atoms with Crippen molar-refractivity contribution in [2.45, 2.75) is 158 Å². The number of nitrogens with zero attached hydrogens (tertiary/aromatic N) is 18. The van der Waals surface area contributed by atoms with E-state index in [1.807, 2.05) is 119 Å². The van der Waals surface area contributed by atoms with E-state index in [1.165, 1.54) is 31.9 Å². The van der Waals surface area contributed by atoms with Crippen molar-refractivity contribution >= 4 is 259 Å². The molecule has 42 heteroatoms. The van der Waals surface area contributed by atoms with Crippen LogP contribution in [0.1, 0.15) is 151 Å². The van der Waals surface area contributed by atoms with Crippen LogP contribution in [0.5, 0.6) is 0 Å². The molecule has 0 aliphatic carbocycles. The molecular weight excluding hydrogens is 2110 g/mol. The van der Waals surface area contributed by atoms with Crippen LogP contribution in [-0.4, -0.2) is 152 Å². The molecule has 9 aromatic heterocycles. The third-order valence-electron chi connectivity index (χ3n) is 24.9. The van der Waals surface area contributed by atoms with Crippen LogP contribution in [0, 0.1) is 54.8 Å². The molecule has 0 saturated carbocycles. The number of anilines is 6. The largest absolute Gasteiger partial charge is 0.396 e. The highest BCUT2D eigenvalue weighted by molar-refractivity contribution is 6.56. The number of nitrogen functional groups attached to an aromatic ring is 3. The Labute approximate surface area is 887 Å². The number of carbonyl (C=O) groups is 3. The summed E-state index contributed by atoms with van der Waals surface area (Å²) in [6, 6.07) is 15.0. The quantitative estimate of drug-likeness (QED) is 0.0371. The predicted molar refractivity (Wildman–Crippen MR) is 575 cm³/mol. The average molecular weight is 2200 g/mol. The van der Waals surface area contributed by atoms with Crippen molar-refractivity contribution in [2.24, 2.45) is 0 Å². The Morgan fingerprint density at radius 3 is 0.766 bits per heavy atom. The standard InChI is InChI=1S/3C33H30Cl5N7O2/c3*1-7-21(46)44-16(5)12-43(13-17(44)6)31-18-10-20(34)29(22-23(35)25(37)26(38)27(40)24(22)36)42-32(18)45(33(47)19(31)11-39)30-15(4)8-9-41-28(30)14(2)3/h3*7-10,14,16-17H,1,12-13,40H2,2-6H3/t3*16-,17+. The second-order valence-electron chi connectivity index (χ2n) is 35.3. The van der Waals surface area contributed by atoms with E-state index < -0.39 is 16.7 Å². The molecule has 0 bridgehead atoms. The Morgan fingerprint density at radius 2 is 0.574 bits per heavy atom. The van der Waals surface area contributed by atoms with Gasteiger partial charge in [-0.2, -0.15) is 15.8 Å². The number of piperazine rings is 3. The lowest BCUT2D eigenvalue weighted by molar-refractivity contribution is -0.131. The SMILES string of the molecule is C=CC(=O)N1[C@H](C)CN(c2c(C#N)c(=O)n(-c3c(C)ccnc3C(C)C)c3nc(-c4c(Cl)c(N)c(Cl)c(Cl)c4Cl)c(Cl)cc23)C[C@@H]1C.C=CC(=O)N1[C@H](C)CN(c2c(C#N)c(=O)n(-c3c(C)ccnc3C(C)C)c3nc(-c4c(Cl)c(N)c(Cl)c(Cl)c4Cl)c(Cl)cc23)C[C@@H]1C.C=CC(=O)N1[C@H](C)CN(c2c(C#N)c(=O)n(-c3c(C)ccnc3C(C)C)c3nc(-c4c(Cl)c(N)c(Cl)c(Cl)c4Cl)c(Cl)cc23)C[C@@H]1C. The summed E-state index contributed by atoms with van der Waals surface area (Å²) in [5, 5.41) is 32.9. The molecule has 3 amide bonds. The van der Waals surface area contributed by atoms with Gasteiger partial charge in [0.05, 0.1) is 161 Å². The number of aromatic nitrogens is 9. The molecule has 3 aliphatic heterocycles. The maximum absolute atomic E-state index is 14.6. The van der Waals surface area contributed by atoms with Gasteiger partial charge in [0.2, 0.25) is 17.7 Å². The number of amides is 3. The average Bonchev–Trinajstić information content (AvgIpc) is 0.725. The van der Waals surface area contributed by atoms with Crippen LogP contribution >= 0.6 is 174 Å². The number of benzene rings is 3. The molecular formula is C99H90Cl15N21O6. The number of carbonyl (C=O) groups excluding carboxylic acids is 3. The Balaban J connectivity index is 0.000000178. The van der Waals surface area contributed by atoms with E-state index in [0.29, 0.717) is 107 Å². The fraction of sp³-hybridized carbons (Fsp3) is 0.303. The number of rotatable bonds is 15. The first-order valence-electron chi connectivity index (χ1n) is 43.9. The van der Waals surface area contributed by atoms with Crippen LogP contribution < -0.4 is 48.6 Å². The molecule has 141 heavy (non-hydrogen) atoms. The summed E-state index contributed by atoms with van der Waals surface area (Å²) in [4.78, 5) is 122. The van der Waals surface area contributed by atoms with E-state index in [-0.39, 0.29) is 232 Å². The minimum atomic E-state index is -0.607. The van der Waals surface area contributed by atoms with Crippen molar-refractivity contribution in [3.8, 4) is 69.0 Å². The Bertz CT molecular complexity index is 6850. The van der Waals surface area contributed by atoms with Crippen molar-refractivity contribution in [3.63, 3.8) is 0 Å². The summed E-state index contributed by atoms with van der Waals surface area (Å²) < 4.78 is 4.17. The zero-order valence-corrected chi connectivity index (χ0v) is 89.7. The molecule has 0 spiro atoms. The minimum absolute atomic E-state index is 0.0197. The highest BCUT2D eigenvalue weighted by Gasteiger charge is 2.42. The fourth-order valence-electron chi connectivity index (χ4n) is 18.8. The molecule has 732 valence electrons. The van der Waals surface area contributed by atoms with E-state index in [4.69, 9.17) is 206 Å². The van der Waals surface area contributed by atoms with Gasteiger partial charge in [-0.05, 0) is 151 Å². The monoisotopic (exact) mass is 2190 g/mol. The van der Waals surface area contributed by atoms with Gasteiger partial charge in [-0.15, -0.1) is 0 Å². The van der Waals surface area contributed by atoms with E-state index >= 15 is 0 Å². The summed E-state index contributed by atoms with van der Waals surface area (Å²) in [7, 11) is 0. The van der Waals surface area contributed by atoms with Crippen LogP contribution in [0.2, 0.25) is 75.3 Å².